The number of hydrogen-bond donors (Lipinski definition) is 1. The predicted octanol–water partition coefficient (Wildman–Crippen LogP) is 6.28. The molecule has 0 bridgehead atoms. The zero-order valence-corrected chi connectivity index (χ0v) is 19.6. The molecule has 1 unspecified atom stereocenters. The Morgan fingerprint density at radius 3 is 2.40 bits per heavy atom. The molecular formula is C23H21F6N3O2S. The molecule has 5 nitrogen and oxygen atoms in total. The number of benzene rings is 2. The van der Waals surface area contributed by atoms with Crippen LogP contribution in [0.3, 0.4) is 0 Å². The van der Waals surface area contributed by atoms with Gasteiger partial charge in [-0.1, -0.05) is 36.4 Å². The molecule has 1 amide bonds. The van der Waals surface area contributed by atoms with Crippen LogP contribution in [0, 0.1) is 0 Å². The van der Waals surface area contributed by atoms with Gasteiger partial charge in [0.25, 0.3) is 5.91 Å². The number of carbonyl (C=O) groups is 1. The molecule has 1 aromatic heterocycles. The van der Waals surface area contributed by atoms with Crippen molar-refractivity contribution in [2.24, 2.45) is 0 Å². The fraction of sp³-hybridized carbons (Fsp3) is 0.304. The minimum atomic E-state index is -4.91. The van der Waals surface area contributed by atoms with Crippen molar-refractivity contribution < 1.29 is 35.9 Å². The van der Waals surface area contributed by atoms with Gasteiger partial charge in [0, 0.05) is 12.1 Å². The minimum absolute atomic E-state index is 0.0353. The van der Waals surface area contributed by atoms with E-state index in [1.807, 2.05) is 19.0 Å². The van der Waals surface area contributed by atoms with Crippen molar-refractivity contribution in [1.29, 1.82) is 0 Å². The van der Waals surface area contributed by atoms with Gasteiger partial charge in [0.1, 0.15) is 15.6 Å². The average Bonchev–Trinajstić information content (AvgIpc) is 3.19. The van der Waals surface area contributed by atoms with Crippen LogP contribution in [0.4, 0.5) is 26.3 Å². The molecule has 0 fully saturated rings. The maximum absolute atomic E-state index is 13.8. The number of rotatable bonds is 7. The Balaban J connectivity index is 1.92. The number of nitrogens with zero attached hydrogens (tertiary/aromatic N) is 2. The Bertz CT molecular complexity index is 1190. The van der Waals surface area contributed by atoms with Crippen LogP contribution in [0.5, 0.6) is 5.75 Å². The highest BCUT2D eigenvalue weighted by Gasteiger charge is 2.40. The van der Waals surface area contributed by atoms with Crippen molar-refractivity contribution >= 4 is 17.2 Å². The van der Waals surface area contributed by atoms with E-state index in [1.54, 1.807) is 24.3 Å². The monoisotopic (exact) mass is 517 g/mol. The number of thiazole rings is 1. The maximum Gasteiger partial charge on any atom is 0.573 e. The lowest BCUT2D eigenvalue weighted by atomic mass is 10.1. The molecule has 12 heteroatoms. The second-order valence-electron chi connectivity index (χ2n) is 7.90. The average molecular weight is 517 g/mol. The van der Waals surface area contributed by atoms with Crippen molar-refractivity contribution in [3.05, 3.63) is 70.2 Å². The topological polar surface area (TPSA) is 54.5 Å². The summed E-state index contributed by atoms with van der Waals surface area (Å²) in [5, 5.41) is 2.45. The van der Waals surface area contributed by atoms with Crippen LogP contribution < -0.4 is 10.1 Å². The minimum Gasteiger partial charge on any atom is -0.406 e. The van der Waals surface area contributed by atoms with Crippen molar-refractivity contribution in [2.75, 3.05) is 14.1 Å². The highest BCUT2D eigenvalue weighted by molar-refractivity contribution is 7.17. The fourth-order valence-corrected chi connectivity index (χ4v) is 4.36. The molecule has 3 aromatic rings. The van der Waals surface area contributed by atoms with Gasteiger partial charge in [0.2, 0.25) is 0 Å². The summed E-state index contributed by atoms with van der Waals surface area (Å²) >= 11 is 0.602. The summed E-state index contributed by atoms with van der Waals surface area (Å²) in [7, 11) is 3.63. The van der Waals surface area contributed by atoms with Crippen LogP contribution in [0.25, 0.3) is 10.6 Å². The fourth-order valence-electron chi connectivity index (χ4n) is 3.32. The quantitative estimate of drug-likeness (QED) is 0.375. The second kappa shape index (κ2) is 10.2. The first-order valence-electron chi connectivity index (χ1n) is 10.2. The largest absolute Gasteiger partial charge is 0.573 e. The van der Waals surface area contributed by atoms with Crippen molar-refractivity contribution in [3.63, 3.8) is 0 Å². The number of hydrogen-bond acceptors (Lipinski definition) is 5. The molecule has 35 heavy (non-hydrogen) atoms. The molecule has 3 rings (SSSR count). The van der Waals surface area contributed by atoms with Gasteiger partial charge in [0.05, 0.1) is 6.04 Å². The Morgan fingerprint density at radius 2 is 1.77 bits per heavy atom. The van der Waals surface area contributed by atoms with Gasteiger partial charge in [-0.3, -0.25) is 4.79 Å². The molecule has 0 aliphatic rings. The third kappa shape index (κ3) is 6.95. The van der Waals surface area contributed by atoms with E-state index in [0.29, 0.717) is 23.4 Å². The SMILES string of the molecule is CC(NC(=O)c1sc(-c2ccccc2CN(C)C)nc1C(F)(F)F)c1cccc(OC(F)(F)F)c1. The Labute approximate surface area is 201 Å². The standard InChI is InChI=1S/C23H21F6N3O2S/c1-13(14-8-6-9-16(11-14)34-23(27,28)29)30-20(33)18-19(22(24,25)26)31-21(35-18)17-10-5-4-7-15(17)12-32(2)3/h4-11,13H,12H2,1-3H3,(H,30,33). The molecule has 0 radical (unpaired) electrons. The molecule has 1 atom stereocenters. The van der Waals surface area contributed by atoms with Gasteiger partial charge >= 0.3 is 12.5 Å². The molecule has 188 valence electrons. The number of alkyl halides is 6. The van der Waals surface area contributed by atoms with Crippen LogP contribution in [0.15, 0.2) is 48.5 Å². The Hall–Kier alpha value is -3.12. The number of halogens is 6. The lowest BCUT2D eigenvalue weighted by molar-refractivity contribution is -0.274. The van der Waals surface area contributed by atoms with E-state index < -0.39 is 40.8 Å². The Morgan fingerprint density at radius 1 is 1.09 bits per heavy atom. The van der Waals surface area contributed by atoms with Gasteiger partial charge < -0.3 is 15.0 Å². The van der Waals surface area contributed by atoms with E-state index in [4.69, 9.17) is 0 Å². The van der Waals surface area contributed by atoms with E-state index in [9.17, 15) is 31.1 Å². The summed E-state index contributed by atoms with van der Waals surface area (Å²) < 4.78 is 82.6. The highest BCUT2D eigenvalue weighted by Crippen LogP contribution is 2.39. The van der Waals surface area contributed by atoms with Crippen molar-refractivity contribution in [3.8, 4) is 16.3 Å². The predicted molar refractivity (Wildman–Crippen MR) is 119 cm³/mol. The molecule has 2 aromatic carbocycles. The van der Waals surface area contributed by atoms with Gasteiger partial charge in [0.15, 0.2) is 5.69 Å². The lowest BCUT2D eigenvalue weighted by Gasteiger charge is -2.16. The number of aromatic nitrogens is 1. The van der Waals surface area contributed by atoms with Crippen LogP contribution in [-0.4, -0.2) is 36.2 Å². The van der Waals surface area contributed by atoms with Gasteiger partial charge in [-0.15, -0.1) is 24.5 Å². The third-order valence-electron chi connectivity index (χ3n) is 4.78. The second-order valence-corrected chi connectivity index (χ2v) is 8.90. The van der Waals surface area contributed by atoms with Crippen molar-refractivity contribution in [2.45, 2.75) is 32.0 Å². The molecule has 0 saturated heterocycles. The summed E-state index contributed by atoms with van der Waals surface area (Å²) in [6, 6.07) is 10.8. The summed E-state index contributed by atoms with van der Waals surface area (Å²) in [6.07, 6.45) is -9.80. The van der Waals surface area contributed by atoms with Gasteiger partial charge in [-0.25, -0.2) is 4.98 Å². The normalized spacial score (nSPS) is 13.1. The zero-order chi connectivity index (χ0) is 26.0. The molecule has 0 aliphatic carbocycles. The van der Waals surface area contributed by atoms with Crippen LogP contribution in [0.1, 0.15) is 39.5 Å². The van der Waals surface area contributed by atoms with Crippen LogP contribution in [-0.2, 0) is 12.7 Å². The summed E-state index contributed by atoms with van der Waals surface area (Å²) in [6.45, 7) is 1.89. The van der Waals surface area contributed by atoms with Crippen LogP contribution >= 0.6 is 11.3 Å². The number of nitrogens with one attached hydrogen (secondary N) is 1. The molecule has 1 heterocycles. The molecule has 0 aliphatic heterocycles. The first kappa shape index (κ1) is 26.5. The summed E-state index contributed by atoms with van der Waals surface area (Å²) in [5.74, 6) is -1.55. The van der Waals surface area contributed by atoms with Crippen molar-refractivity contribution in [1.82, 2.24) is 15.2 Å². The lowest BCUT2D eigenvalue weighted by Crippen LogP contribution is -2.28. The highest BCUT2D eigenvalue weighted by atomic mass is 32.1. The van der Waals surface area contributed by atoms with E-state index >= 15 is 0 Å². The first-order chi connectivity index (χ1) is 16.2. The van der Waals surface area contributed by atoms with Gasteiger partial charge in [-0.05, 0) is 44.3 Å². The summed E-state index contributed by atoms with van der Waals surface area (Å²) in [5.41, 5.74) is 0.105. The van der Waals surface area contributed by atoms with E-state index in [1.165, 1.54) is 19.1 Å². The smallest absolute Gasteiger partial charge is 0.406 e. The van der Waals surface area contributed by atoms with E-state index in [0.717, 1.165) is 17.7 Å². The Kier molecular flexibility index (Phi) is 7.75. The maximum atomic E-state index is 13.8. The number of carbonyl (C=O) groups excluding carboxylic acids is 1. The van der Waals surface area contributed by atoms with Crippen LogP contribution in [0.2, 0.25) is 0 Å². The number of amides is 1. The first-order valence-corrected chi connectivity index (χ1v) is 11.0. The molecule has 0 saturated carbocycles. The zero-order valence-electron chi connectivity index (χ0n) is 18.8. The summed E-state index contributed by atoms with van der Waals surface area (Å²) in [4.78, 5) is 17.8. The van der Waals surface area contributed by atoms with E-state index in [2.05, 4.69) is 15.0 Å². The molecule has 0 spiro atoms. The third-order valence-corrected chi connectivity index (χ3v) is 5.86. The van der Waals surface area contributed by atoms with E-state index in [-0.39, 0.29) is 10.6 Å². The molecular weight excluding hydrogens is 496 g/mol. The molecule has 1 N–H and O–H groups in total. The van der Waals surface area contributed by atoms with Gasteiger partial charge in [-0.2, -0.15) is 13.2 Å². The number of ether oxygens (including phenoxy) is 1.